The Morgan fingerprint density at radius 1 is 1.06 bits per heavy atom. The van der Waals surface area contributed by atoms with Gasteiger partial charge in [0, 0.05) is 18.8 Å². The van der Waals surface area contributed by atoms with Crippen LogP contribution >= 0.6 is 0 Å². The summed E-state index contributed by atoms with van der Waals surface area (Å²) in [6.45, 7) is 2.79. The van der Waals surface area contributed by atoms with Gasteiger partial charge in [0.25, 0.3) is 0 Å². The van der Waals surface area contributed by atoms with Gasteiger partial charge in [0.1, 0.15) is 6.54 Å². The number of unbranched alkanes of at least 4 members (excludes halogenated alkanes) is 1. The highest BCUT2D eigenvalue weighted by atomic mass is 19.4. The topological polar surface area (TPSA) is 32.3 Å². The first-order valence-corrected chi connectivity index (χ1v) is 11.2. The van der Waals surface area contributed by atoms with E-state index in [-0.39, 0.29) is 0 Å². The molecule has 1 unspecified atom stereocenters. The summed E-state index contributed by atoms with van der Waals surface area (Å²) in [6.07, 6.45) is 1.88. The van der Waals surface area contributed by atoms with Crippen LogP contribution in [0.15, 0.2) is 36.4 Å². The zero-order valence-electron chi connectivity index (χ0n) is 17.9. The van der Waals surface area contributed by atoms with Gasteiger partial charge in [0.15, 0.2) is 0 Å². The molecule has 0 radical (unpaired) electrons. The van der Waals surface area contributed by atoms with Crippen molar-refractivity contribution in [2.75, 3.05) is 24.5 Å². The monoisotopic (exact) mass is 430 g/mol. The summed E-state index contributed by atoms with van der Waals surface area (Å²) < 4.78 is 38.5. The fourth-order valence-electron chi connectivity index (χ4n) is 4.98. The maximum atomic E-state index is 13.1. The summed E-state index contributed by atoms with van der Waals surface area (Å²) in [5, 5.41) is 2.15. The van der Waals surface area contributed by atoms with E-state index < -0.39 is 24.5 Å². The van der Waals surface area contributed by atoms with Crippen molar-refractivity contribution in [2.24, 2.45) is 0 Å². The van der Waals surface area contributed by atoms with Gasteiger partial charge in [-0.15, -0.1) is 0 Å². The van der Waals surface area contributed by atoms with Crippen molar-refractivity contribution in [1.29, 1.82) is 0 Å². The van der Waals surface area contributed by atoms with Gasteiger partial charge in [-0.3, -0.25) is 4.79 Å². The highest BCUT2D eigenvalue weighted by molar-refractivity contribution is 5.98. The second-order valence-corrected chi connectivity index (χ2v) is 8.53. The van der Waals surface area contributed by atoms with Crippen molar-refractivity contribution in [3.05, 3.63) is 53.1 Å². The Morgan fingerprint density at radius 2 is 1.81 bits per heavy atom. The van der Waals surface area contributed by atoms with Gasteiger partial charge in [-0.05, 0) is 66.0 Å². The fourth-order valence-corrected chi connectivity index (χ4v) is 4.98. The number of piperidine rings is 1. The summed E-state index contributed by atoms with van der Waals surface area (Å²) in [4.78, 5) is 15.5. The van der Waals surface area contributed by atoms with Gasteiger partial charge < -0.3 is 10.2 Å². The van der Waals surface area contributed by atoms with Crippen LogP contribution in [-0.2, 0) is 11.2 Å². The highest BCUT2D eigenvalue weighted by Crippen LogP contribution is 2.49. The molecule has 0 spiro atoms. The number of hydrogen-bond acceptors (Lipinski definition) is 2. The van der Waals surface area contributed by atoms with Crippen LogP contribution in [-0.4, -0.2) is 31.7 Å². The van der Waals surface area contributed by atoms with E-state index in [1.807, 2.05) is 24.3 Å². The largest absolute Gasteiger partial charge is 0.405 e. The number of amides is 1. The highest BCUT2D eigenvalue weighted by Gasteiger charge is 2.38. The van der Waals surface area contributed by atoms with Crippen LogP contribution in [0.25, 0.3) is 11.1 Å². The lowest BCUT2D eigenvalue weighted by atomic mass is 9.88. The molecule has 1 aliphatic heterocycles. The molecule has 1 N–H and O–H groups in total. The minimum absolute atomic E-state index is 0.572. The molecule has 166 valence electrons. The van der Waals surface area contributed by atoms with Crippen LogP contribution < -0.4 is 10.2 Å². The van der Waals surface area contributed by atoms with Crippen molar-refractivity contribution in [2.45, 2.75) is 57.5 Å². The number of anilines is 1. The lowest BCUT2D eigenvalue weighted by molar-refractivity contribution is -0.138. The number of hydrogen-bond donors (Lipinski definition) is 1. The summed E-state index contributed by atoms with van der Waals surface area (Å²) in [7, 11) is 0. The summed E-state index contributed by atoms with van der Waals surface area (Å²) >= 11 is 0. The Morgan fingerprint density at radius 3 is 2.52 bits per heavy atom. The molecule has 1 aliphatic carbocycles. The average Bonchev–Trinajstić information content (AvgIpc) is 3.11. The van der Waals surface area contributed by atoms with E-state index in [4.69, 9.17) is 0 Å². The van der Waals surface area contributed by atoms with E-state index >= 15 is 0 Å². The minimum Gasteiger partial charge on any atom is -0.371 e. The number of fused-ring (bicyclic) bond motifs is 3. The van der Waals surface area contributed by atoms with Crippen molar-refractivity contribution in [1.82, 2.24) is 5.32 Å². The molecule has 3 nitrogen and oxygen atoms in total. The molecular formula is C25H29F3N2O. The van der Waals surface area contributed by atoms with Gasteiger partial charge in [-0.1, -0.05) is 43.7 Å². The third-order valence-electron chi connectivity index (χ3n) is 6.39. The molecule has 1 atom stereocenters. The molecule has 1 amide bonds. The van der Waals surface area contributed by atoms with Crippen molar-refractivity contribution in [3.8, 4) is 11.1 Å². The number of rotatable bonds is 6. The normalized spacial score (nSPS) is 17.9. The number of alkyl halides is 3. The van der Waals surface area contributed by atoms with E-state index in [2.05, 4.69) is 29.3 Å². The van der Waals surface area contributed by atoms with E-state index in [1.54, 1.807) is 0 Å². The molecule has 0 aromatic heterocycles. The Balaban J connectivity index is 1.81. The van der Waals surface area contributed by atoms with Gasteiger partial charge in [0.2, 0.25) is 5.91 Å². The molecule has 2 aliphatic rings. The van der Waals surface area contributed by atoms with E-state index in [9.17, 15) is 18.0 Å². The predicted molar refractivity (Wildman–Crippen MR) is 117 cm³/mol. The molecule has 6 heteroatoms. The third kappa shape index (κ3) is 4.43. The second-order valence-electron chi connectivity index (χ2n) is 8.53. The molecule has 0 saturated carbocycles. The Labute approximate surface area is 181 Å². The van der Waals surface area contributed by atoms with Crippen LogP contribution in [0.1, 0.15) is 61.6 Å². The van der Waals surface area contributed by atoms with Gasteiger partial charge >= 0.3 is 6.18 Å². The number of benzene rings is 2. The number of carbonyl (C=O) groups is 1. The molecule has 1 saturated heterocycles. The van der Waals surface area contributed by atoms with Crippen LogP contribution in [0, 0.1) is 0 Å². The molecule has 4 rings (SSSR count). The average molecular weight is 431 g/mol. The van der Waals surface area contributed by atoms with Crippen molar-refractivity contribution >= 4 is 11.6 Å². The molecule has 1 heterocycles. The van der Waals surface area contributed by atoms with E-state index in [0.29, 0.717) is 0 Å². The van der Waals surface area contributed by atoms with Crippen molar-refractivity contribution in [3.63, 3.8) is 0 Å². The summed E-state index contributed by atoms with van der Waals surface area (Å²) in [5.74, 6) is -1.28. The lowest BCUT2D eigenvalue weighted by Crippen LogP contribution is -2.37. The molecule has 2 aromatic carbocycles. The van der Waals surface area contributed by atoms with E-state index in [1.165, 1.54) is 6.42 Å². The second kappa shape index (κ2) is 8.93. The van der Waals surface area contributed by atoms with Crippen molar-refractivity contribution < 1.29 is 18.0 Å². The molecule has 0 bridgehead atoms. The lowest BCUT2D eigenvalue weighted by Gasteiger charge is -2.32. The predicted octanol–water partition coefficient (Wildman–Crippen LogP) is 5.81. The number of carbonyl (C=O) groups excluding carboxylic acids is 1. The summed E-state index contributed by atoms with van der Waals surface area (Å²) in [5.41, 5.74) is 5.91. The minimum atomic E-state index is -4.43. The first kappa shape index (κ1) is 21.7. The number of nitrogens with zero attached hydrogens (tertiary/aromatic N) is 1. The maximum absolute atomic E-state index is 13.1. The van der Waals surface area contributed by atoms with Crippen LogP contribution in [0.2, 0.25) is 0 Å². The Bertz CT molecular complexity index is 948. The van der Waals surface area contributed by atoms with Gasteiger partial charge in [-0.25, -0.2) is 0 Å². The number of nitrogens with one attached hydrogen (secondary N) is 1. The molecular weight excluding hydrogens is 401 g/mol. The van der Waals surface area contributed by atoms with Crippen LogP contribution in [0.5, 0.6) is 0 Å². The Kier molecular flexibility index (Phi) is 6.26. The summed E-state index contributed by atoms with van der Waals surface area (Å²) in [6, 6.07) is 11.8. The van der Waals surface area contributed by atoms with Gasteiger partial charge in [0.05, 0.1) is 5.92 Å². The van der Waals surface area contributed by atoms with Crippen LogP contribution in [0.4, 0.5) is 18.9 Å². The smallest absolute Gasteiger partial charge is 0.371 e. The van der Waals surface area contributed by atoms with Crippen LogP contribution in [0.3, 0.4) is 0 Å². The zero-order valence-corrected chi connectivity index (χ0v) is 17.9. The standard InChI is InChI=1S/C25H29F3N2O/c1-2-3-9-20-21(30-14-7-4-8-15-30)13-12-19-17-10-5-6-11-18(17)23(22(19)20)24(31)29-16-25(26,27)28/h5-6,10-13,23H,2-4,7-9,14-16H2,1H3,(H,29,31). The van der Waals surface area contributed by atoms with Gasteiger partial charge in [-0.2, -0.15) is 13.2 Å². The fraction of sp³-hybridized carbons (Fsp3) is 0.480. The number of halogens is 3. The molecule has 1 fully saturated rings. The third-order valence-corrected chi connectivity index (χ3v) is 6.39. The first-order valence-electron chi connectivity index (χ1n) is 11.2. The SMILES string of the molecule is CCCCc1c(N2CCCCC2)ccc2c1C(C(=O)NCC(F)(F)F)c1ccccc1-2. The quantitative estimate of drug-likeness (QED) is 0.627. The first-order chi connectivity index (χ1) is 14.9. The Hall–Kier alpha value is -2.50. The molecule has 2 aromatic rings. The maximum Gasteiger partial charge on any atom is 0.405 e. The van der Waals surface area contributed by atoms with E-state index in [0.717, 1.165) is 78.7 Å². The zero-order chi connectivity index (χ0) is 22.0. The molecule has 31 heavy (non-hydrogen) atoms.